The lowest BCUT2D eigenvalue weighted by Gasteiger charge is -2.39. The summed E-state index contributed by atoms with van der Waals surface area (Å²) in [5.74, 6) is 1.01. The summed E-state index contributed by atoms with van der Waals surface area (Å²) in [7, 11) is 0. The molecule has 12 nitrogen and oxygen atoms in total. The topological polar surface area (TPSA) is 153 Å². The standard InChI is InChI=1S/C33H38N8O4/c1-32(2,20-36-30(42)23(19-34)18-33(3,4)39-14-16-44-17-15-39)21-40-29-27(28(35)37-22-38-29)41(31(40)43)24-10-12-26(13-11-24)45-25-8-6-5-7-9-25/h5-13,18,22H,14-17,20-21H2,1-4H3,(H,36,42)(H2,35,37,38). The maximum Gasteiger partial charge on any atom is 0.335 e. The fraction of sp³-hybridized carbons (Fsp3) is 0.364. The summed E-state index contributed by atoms with van der Waals surface area (Å²) in [6.07, 6.45) is 3.03. The highest BCUT2D eigenvalue weighted by molar-refractivity contribution is 5.97. The van der Waals surface area contributed by atoms with E-state index in [4.69, 9.17) is 15.2 Å². The van der Waals surface area contributed by atoms with Crippen LogP contribution in [0.15, 0.2) is 77.4 Å². The van der Waals surface area contributed by atoms with Crippen LogP contribution < -0.4 is 21.5 Å². The fourth-order valence-electron chi connectivity index (χ4n) is 5.40. The maximum absolute atomic E-state index is 13.9. The number of aromatic nitrogens is 4. The van der Waals surface area contributed by atoms with Gasteiger partial charge in [-0.05, 0) is 56.3 Å². The highest BCUT2D eigenvalue weighted by Gasteiger charge is 2.30. The number of carbonyl (C=O) groups excluding carboxylic acids is 1. The van der Waals surface area contributed by atoms with Gasteiger partial charge < -0.3 is 20.5 Å². The number of carbonyl (C=O) groups is 1. The molecule has 0 saturated carbocycles. The molecule has 0 atom stereocenters. The van der Waals surface area contributed by atoms with E-state index in [1.807, 2.05) is 58.0 Å². The number of nitrogen functional groups attached to an aromatic ring is 1. The van der Waals surface area contributed by atoms with Crippen LogP contribution in [0.5, 0.6) is 11.5 Å². The van der Waals surface area contributed by atoms with Gasteiger partial charge in [-0.25, -0.2) is 14.8 Å². The number of rotatable bonds is 10. The second-order valence-electron chi connectivity index (χ2n) is 12.3. The van der Waals surface area contributed by atoms with E-state index < -0.39 is 16.9 Å². The molecule has 2 aromatic carbocycles. The summed E-state index contributed by atoms with van der Waals surface area (Å²) in [5, 5.41) is 12.7. The van der Waals surface area contributed by atoms with Crippen LogP contribution in [0.1, 0.15) is 27.7 Å². The van der Waals surface area contributed by atoms with Crippen molar-refractivity contribution in [2.45, 2.75) is 39.8 Å². The van der Waals surface area contributed by atoms with E-state index in [-0.39, 0.29) is 30.2 Å². The third-order valence-corrected chi connectivity index (χ3v) is 7.81. The van der Waals surface area contributed by atoms with Crippen molar-refractivity contribution in [3.8, 4) is 23.3 Å². The first-order chi connectivity index (χ1) is 21.5. The summed E-state index contributed by atoms with van der Waals surface area (Å²) in [6.45, 7) is 10.9. The summed E-state index contributed by atoms with van der Waals surface area (Å²) in [4.78, 5) is 37.8. The molecule has 0 unspecified atom stereocenters. The maximum atomic E-state index is 13.9. The summed E-state index contributed by atoms with van der Waals surface area (Å²) >= 11 is 0. The molecule has 45 heavy (non-hydrogen) atoms. The Morgan fingerprint density at radius 2 is 1.73 bits per heavy atom. The Morgan fingerprint density at radius 1 is 1.07 bits per heavy atom. The molecule has 1 saturated heterocycles. The minimum Gasteiger partial charge on any atom is -0.457 e. The fourth-order valence-corrected chi connectivity index (χ4v) is 5.40. The number of nitrogens with two attached hydrogens (primary N) is 1. The Labute approximate surface area is 261 Å². The summed E-state index contributed by atoms with van der Waals surface area (Å²) in [6, 6.07) is 18.6. The molecule has 2 aromatic heterocycles. The largest absolute Gasteiger partial charge is 0.457 e. The normalized spacial score (nSPS) is 14.7. The van der Waals surface area contributed by atoms with Gasteiger partial charge in [-0.2, -0.15) is 5.26 Å². The van der Waals surface area contributed by atoms with Crippen molar-refractivity contribution >= 4 is 22.9 Å². The molecule has 4 aromatic rings. The first kappa shape index (κ1) is 31.4. The third-order valence-electron chi connectivity index (χ3n) is 7.81. The number of amides is 1. The van der Waals surface area contributed by atoms with E-state index in [1.54, 1.807) is 30.3 Å². The number of hydrogen-bond acceptors (Lipinski definition) is 9. The third kappa shape index (κ3) is 7.06. The number of hydrogen-bond donors (Lipinski definition) is 2. The van der Waals surface area contributed by atoms with Crippen LogP contribution in [0, 0.1) is 16.7 Å². The van der Waals surface area contributed by atoms with Crippen LogP contribution in [0.4, 0.5) is 5.82 Å². The van der Waals surface area contributed by atoms with E-state index in [0.29, 0.717) is 41.6 Å². The summed E-state index contributed by atoms with van der Waals surface area (Å²) < 4.78 is 14.4. The Hall–Kier alpha value is -4.99. The van der Waals surface area contributed by atoms with Gasteiger partial charge in [0.15, 0.2) is 11.5 Å². The molecule has 5 rings (SSSR count). The first-order valence-electron chi connectivity index (χ1n) is 14.8. The van der Waals surface area contributed by atoms with Crippen LogP contribution >= 0.6 is 0 Å². The molecule has 1 aliphatic heterocycles. The van der Waals surface area contributed by atoms with Gasteiger partial charge >= 0.3 is 5.69 Å². The van der Waals surface area contributed by atoms with Crippen molar-refractivity contribution in [1.82, 2.24) is 29.3 Å². The SMILES string of the molecule is CC(C)(CNC(=O)C(C#N)=CC(C)(C)N1CCOCC1)Cn1c(=O)n(-c2ccc(Oc3ccccc3)cc2)c2c(N)ncnc21. The molecule has 0 radical (unpaired) electrons. The molecular weight excluding hydrogens is 572 g/mol. The smallest absolute Gasteiger partial charge is 0.335 e. The lowest BCUT2D eigenvalue weighted by molar-refractivity contribution is -0.117. The molecular formula is C33H38N8O4. The zero-order valence-corrected chi connectivity index (χ0v) is 26.0. The Morgan fingerprint density at radius 3 is 2.40 bits per heavy atom. The minimum absolute atomic E-state index is 0.0382. The number of anilines is 1. The predicted molar refractivity (Wildman–Crippen MR) is 171 cm³/mol. The molecule has 3 heterocycles. The number of benzene rings is 2. The van der Waals surface area contributed by atoms with Crippen molar-refractivity contribution in [3.63, 3.8) is 0 Å². The Bertz CT molecular complexity index is 1790. The monoisotopic (exact) mass is 610 g/mol. The molecule has 0 spiro atoms. The molecule has 3 N–H and O–H groups in total. The highest BCUT2D eigenvalue weighted by Crippen LogP contribution is 2.27. The second kappa shape index (κ2) is 12.9. The number of imidazole rings is 1. The Balaban J connectivity index is 1.36. The van der Waals surface area contributed by atoms with Gasteiger partial charge in [0.2, 0.25) is 0 Å². The highest BCUT2D eigenvalue weighted by atomic mass is 16.5. The number of nitrogens with one attached hydrogen (secondary N) is 1. The lowest BCUT2D eigenvalue weighted by Crippen LogP contribution is -2.49. The van der Waals surface area contributed by atoms with Crippen molar-refractivity contribution in [1.29, 1.82) is 5.26 Å². The number of nitriles is 1. The second-order valence-corrected chi connectivity index (χ2v) is 12.3. The number of ether oxygens (including phenoxy) is 2. The van der Waals surface area contributed by atoms with Gasteiger partial charge in [0.05, 0.1) is 18.9 Å². The predicted octanol–water partition coefficient (Wildman–Crippen LogP) is 3.66. The molecule has 1 amide bonds. The first-order valence-corrected chi connectivity index (χ1v) is 14.8. The number of fused-ring (bicyclic) bond motifs is 1. The quantitative estimate of drug-likeness (QED) is 0.202. The zero-order chi connectivity index (χ0) is 32.2. The molecule has 0 bridgehead atoms. The van der Waals surface area contributed by atoms with E-state index in [2.05, 4.69) is 26.3 Å². The van der Waals surface area contributed by atoms with Crippen molar-refractivity contribution in [3.05, 3.63) is 83.1 Å². The zero-order valence-electron chi connectivity index (χ0n) is 26.0. The number of nitrogens with zero attached hydrogens (tertiary/aromatic N) is 6. The van der Waals surface area contributed by atoms with Crippen molar-refractivity contribution in [2.24, 2.45) is 5.41 Å². The number of morpholine rings is 1. The summed E-state index contributed by atoms with van der Waals surface area (Å²) in [5.41, 5.74) is 6.19. The van der Waals surface area contributed by atoms with Gasteiger partial charge in [-0.15, -0.1) is 0 Å². The van der Waals surface area contributed by atoms with E-state index in [1.165, 1.54) is 15.5 Å². The van der Waals surface area contributed by atoms with Gasteiger partial charge in [0.1, 0.15) is 35.0 Å². The van der Waals surface area contributed by atoms with Crippen LogP contribution in [0.25, 0.3) is 16.9 Å². The van der Waals surface area contributed by atoms with Crippen LogP contribution in [-0.2, 0) is 16.1 Å². The van der Waals surface area contributed by atoms with E-state index in [9.17, 15) is 14.9 Å². The van der Waals surface area contributed by atoms with Gasteiger partial charge in [-0.1, -0.05) is 32.0 Å². The van der Waals surface area contributed by atoms with Crippen LogP contribution in [-0.4, -0.2) is 68.3 Å². The average molecular weight is 611 g/mol. The molecule has 12 heteroatoms. The van der Waals surface area contributed by atoms with Crippen LogP contribution in [0.2, 0.25) is 0 Å². The molecule has 0 aliphatic carbocycles. The lowest BCUT2D eigenvalue weighted by atomic mass is 9.93. The van der Waals surface area contributed by atoms with Crippen molar-refractivity contribution in [2.75, 3.05) is 38.6 Å². The van der Waals surface area contributed by atoms with Gasteiger partial charge in [0, 0.05) is 37.1 Å². The van der Waals surface area contributed by atoms with Crippen molar-refractivity contribution < 1.29 is 14.3 Å². The Kier molecular flexibility index (Phi) is 9.04. The van der Waals surface area contributed by atoms with Gasteiger partial charge in [0.25, 0.3) is 5.91 Å². The molecule has 234 valence electrons. The molecule has 1 fully saturated rings. The van der Waals surface area contributed by atoms with Crippen LogP contribution in [0.3, 0.4) is 0 Å². The van der Waals surface area contributed by atoms with E-state index in [0.717, 1.165) is 13.1 Å². The minimum atomic E-state index is -0.605. The number of para-hydroxylation sites is 1. The molecule has 1 aliphatic rings. The van der Waals surface area contributed by atoms with E-state index >= 15 is 0 Å². The van der Waals surface area contributed by atoms with Gasteiger partial charge in [-0.3, -0.25) is 18.8 Å². The average Bonchev–Trinajstić information content (AvgIpc) is 3.31.